The van der Waals surface area contributed by atoms with Crippen molar-refractivity contribution in [3.05, 3.63) is 0 Å². The van der Waals surface area contributed by atoms with Gasteiger partial charge in [0.15, 0.2) is 0 Å². The monoisotopic (exact) mass is 396 g/mol. The van der Waals surface area contributed by atoms with Crippen LogP contribution in [0, 0.1) is 0 Å². The topological polar surface area (TPSA) is 29.5 Å². The molecule has 27 heavy (non-hydrogen) atoms. The molecule has 0 fully saturated rings. The molecule has 0 aromatic heterocycles. The van der Waals surface area contributed by atoms with Gasteiger partial charge >= 0.3 is 6.18 Å². The van der Waals surface area contributed by atoms with Gasteiger partial charge in [0.1, 0.15) is 6.10 Å². The van der Waals surface area contributed by atoms with Crippen LogP contribution in [-0.4, -0.2) is 30.6 Å². The zero-order valence-corrected chi connectivity index (χ0v) is 17.5. The van der Waals surface area contributed by atoms with E-state index in [9.17, 15) is 13.2 Å². The molecular formula is C22H43F3O2. The summed E-state index contributed by atoms with van der Waals surface area (Å²) in [6.07, 6.45) is 11.7. The van der Waals surface area contributed by atoms with Gasteiger partial charge in [0, 0.05) is 13.2 Å². The fourth-order valence-corrected chi connectivity index (χ4v) is 3.21. The quantitative estimate of drug-likeness (QED) is 0.215. The number of hydrogen-bond donors (Lipinski definition) is 1. The Morgan fingerprint density at radius 1 is 0.630 bits per heavy atom. The maximum atomic E-state index is 12.1. The van der Waals surface area contributed by atoms with Crippen molar-refractivity contribution in [2.45, 2.75) is 128 Å². The molecule has 0 heterocycles. The Hall–Kier alpha value is -0.290. The number of unbranched alkanes of at least 4 members (excludes halogenated alkanes) is 14. The van der Waals surface area contributed by atoms with Crippen LogP contribution in [0.4, 0.5) is 13.2 Å². The van der Waals surface area contributed by atoms with E-state index in [0.29, 0.717) is 6.42 Å². The number of hydrogen-bond acceptors (Lipinski definition) is 2. The summed E-state index contributed by atoms with van der Waals surface area (Å²) < 4.78 is 42.0. The molecule has 0 aliphatic carbocycles. The lowest BCUT2D eigenvalue weighted by molar-refractivity contribution is -0.205. The zero-order valence-electron chi connectivity index (χ0n) is 17.5. The Balaban J connectivity index is 3.09. The highest BCUT2D eigenvalue weighted by molar-refractivity contribution is 4.64. The molecule has 1 N–H and O–H groups in total. The zero-order chi connectivity index (χ0) is 20.2. The molecule has 0 amide bonds. The van der Waals surface area contributed by atoms with Gasteiger partial charge in [0.25, 0.3) is 0 Å². The van der Waals surface area contributed by atoms with E-state index in [0.717, 1.165) is 45.3 Å². The van der Waals surface area contributed by atoms with Crippen molar-refractivity contribution in [2.75, 3.05) is 13.2 Å². The number of rotatable bonds is 20. The Morgan fingerprint density at radius 3 is 1.41 bits per heavy atom. The van der Waals surface area contributed by atoms with Gasteiger partial charge in [-0.2, -0.15) is 13.2 Å². The van der Waals surface area contributed by atoms with Crippen molar-refractivity contribution < 1.29 is 23.0 Å². The molecule has 164 valence electrons. The molecule has 0 spiro atoms. The largest absolute Gasteiger partial charge is 0.414 e. The third kappa shape index (κ3) is 20.3. The van der Waals surface area contributed by atoms with E-state index in [1.165, 1.54) is 64.2 Å². The molecule has 0 saturated heterocycles. The van der Waals surface area contributed by atoms with E-state index in [1.807, 2.05) is 0 Å². The second kappa shape index (κ2) is 19.0. The first kappa shape index (κ1) is 26.7. The molecule has 1 atom stereocenters. The molecule has 0 radical (unpaired) electrons. The van der Waals surface area contributed by atoms with E-state index in [4.69, 9.17) is 9.84 Å². The van der Waals surface area contributed by atoms with Gasteiger partial charge in [-0.25, -0.2) is 0 Å². The van der Waals surface area contributed by atoms with Crippen molar-refractivity contribution in [2.24, 2.45) is 0 Å². The fraction of sp³-hybridized carbons (Fsp3) is 1.00. The van der Waals surface area contributed by atoms with Crippen LogP contribution in [0.1, 0.15) is 116 Å². The lowest BCUT2D eigenvalue weighted by Crippen LogP contribution is -2.28. The molecule has 0 aliphatic rings. The Morgan fingerprint density at radius 2 is 1.00 bits per heavy atom. The first-order valence-corrected chi connectivity index (χ1v) is 11.3. The molecule has 5 heteroatoms. The van der Waals surface area contributed by atoms with Gasteiger partial charge in [-0.15, -0.1) is 0 Å². The summed E-state index contributed by atoms with van der Waals surface area (Å²) in [4.78, 5) is 0. The van der Waals surface area contributed by atoms with Crippen LogP contribution in [0.15, 0.2) is 0 Å². The minimum Gasteiger partial charge on any atom is -0.384 e. The molecule has 0 aromatic carbocycles. The lowest BCUT2D eigenvalue weighted by atomic mass is 10.1. The van der Waals surface area contributed by atoms with Gasteiger partial charge < -0.3 is 9.84 Å². The highest BCUT2D eigenvalue weighted by Gasteiger charge is 2.37. The lowest BCUT2D eigenvalue weighted by Gasteiger charge is -2.13. The second-order valence-electron chi connectivity index (χ2n) is 7.76. The standard InChI is InChI=1S/C22H43F3O2/c1-2-3-4-5-6-10-13-16-19-27-20-17-14-11-8-7-9-12-15-18-21(26)22(23,24)25/h21,26H,2-20H2,1H3. The van der Waals surface area contributed by atoms with Crippen LogP contribution in [0.3, 0.4) is 0 Å². The smallest absolute Gasteiger partial charge is 0.384 e. The minimum absolute atomic E-state index is 0.167. The average Bonchev–Trinajstić information content (AvgIpc) is 2.62. The van der Waals surface area contributed by atoms with Crippen LogP contribution in [-0.2, 0) is 4.74 Å². The van der Waals surface area contributed by atoms with Crippen molar-refractivity contribution >= 4 is 0 Å². The molecule has 0 saturated carbocycles. The highest BCUT2D eigenvalue weighted by atomic mass is 19.4. The van der Waals surface area contributed by atoms with Crippen molar-refractivity contribution in [3.8, 4) is 0 Å². The summed E-state index contributed by atoms with van der Waals surface area (Å²) in [5.41, 5.74) is 0. The average molecular weight is 397 g/mol. The Labute approximate surface area is 165 Å². The molecule has 0 aromatic rings. The molecule has 2 nitrogen and oxygen atoms in total. The van der Waals surface area contributed by atoms with Crippen molar-refractivity contribution in [3.63, 3.8) is 0 Å². The molecule has 0 bridgehead atoms. The first-order chi connectivity index (χ1) is 13.0. The summed E-state index contributed by atoms with van der Waals surface area (Å²) in [7, 11) is 0. The normalized spacial score (nSPS) is 13.2. The van der Waals surface area contributed by atoms with Crippen molar-refractivity contribution in [1.82, 2.24) is 0 Å². The number of halogens is 3. The van der Waals surface area contributed by atoms with Crippen molar-refractivity contribution in [1.29, 1.82) is 0 Å². The predicted octanol–water partition coefficient (Wildman–Crippen LogP) is 7.58. The number of alkyl halides is 3. The van der Waals surface area contributed by atoms with E-state index < -0.39 is 12.3 Å². The number of aliphatic hydroxyl groups is 1. The van der Waals surface area contributed by atoms with Crippen LogP contribution >= 0.6 is 0 Å². The van der Waals surface area contributed by atoms with Gasteiger partial charge in [-0.05, 0) is 19.3 Å². The van der Waals surface area contributed by atoms with Crippen LogP contribution in [0.2, 0.25) is 0 Å². The Kier molecular flexibility index (Phi) is 18.8. The minimum atomic E-state index is -4.46. The third-order valence-electron chi connectivity index (χ3n) is 5.04. The summed E-state index contributed by atoms with van der Waals surface area (Å²) in [5, 5.41) is 8.89. The van der Waals surface area contributed by atoms with E-state index in [-0.39, 0.29) is 6.42 Å². The molecule has 0 rings (SSSR count). The van der Waals surface area contributed by atoms with E-state index in [1.54, 1.807) is 0 Å². The molecule has 0 aliphatic heterocycles. The summed E-state index contributed by atoms with van der Waals surface area (Å²) >= 11 is 0. The highest BCUT2D eigenvalue weighted by Crippen LogP contribution is 2.24. The summed E-state index contributed by atoms with van der Waals surface area (Å²) in [6.45, 7) is 3.99. The molecular weight excluding hydrogens is 353 g/mol. The molecule has 1 unspecified atom stereocenters. The SMILES string of the molecule is CCCCCCCCCCOCCCCCCCCCCC(O)C(F)(F)F. The third-order valence-corrected chi connectivity index (χ3v) is 5.04. The van der Waals surface area contributed by atoms with E-state index >= 15 is 0 Å². The van der Waals surface area contributed by atoms with Crippen LogP contribution in [0.5, 0.6) is 0 Å². The van der Waals surface area contributed by atoms with Crippen LogP contribution in [0.25, 0.3) is 0 Å². The van der Waals surface area contributed by atoms with Gasteiger partial charge in [-0.3, -0.25) is 0 Å². The predicted molar refractivity (Wildman–Crippen MR) is 107 cm³/mol. The van der Waals surface area contributed by atoms with Gasteiger partial charge in [0.05, 0.1) is 0 Å². The maximum absolute atomic E-state index is 12.1. The fourth-order valence-electron chi connectivity index (χ4n) is 3.21. The first-order valence-electron chi connectivity index (χ1n) is 11.3. The van der Waals surface area contributed by atoms with Gasteiger partial charge in [-0.1, -0.05) is 96.8 Å². The number of ether oxygens (including phenoxy) is 1. The Bertz CT molecular complexity index is 296. The number of aliphatic hydroxyl groups excluding tert-OH is 1. The second-order valence-corrected chi connectivity index (χ2v) is 7.76. The maximum Gasteiger partial charge on any atom is 0.414 e. The van der Waals surface area contributed by atoms with Crippen LogP contribution < -0.4 is 0 Å². The summed E-state index contributed by atoms with van der Waals surface area (Å²) in [6, 6.07) is 0. The summed E-state index contributed by atoms with van der Waals surface area (Å²) in [5.74, 6) is 0. The van der Waals surface area contributed by atoms with Gasteiger partial charge in [0.2, 0.25) is 0 Å². The van der Waals surface area contributed by atoms with E-state index in [2.05, 4.69) is 6.92 Å².